The number of H-pyrrole nitrogens is 1. The molecule has 2 aliphatic rings. The second-order valence-corrected chi connectivity index (χ2v) is 11.0. The summed E-state index contributed by atoms with van der Waals surface area (Å²) < 4.78 is 54.9. The second kappa shape index (κ2) is 8.21. The number of sulfonamides is 2. The number of azo groups is 1. The predicted molar refractivity (Wildman–Crippen MR) is 125 cm³/mol. The number of nitrogens with two attached hydrogens (primary N) is 2. The Morgan fingerprint density at radius 1 is 1.09 bits per heavy atom. The molecular formula is C19H21N9O4S2. The standard InChI is InChI=1S/C19H21N9O4S2/c20-19-25-13-3-1-2-12(16(13)26-19)11-4-5-14(34(31,32)28-10-6-7-22-8-10)17(33(21,29)30)15(11)18-23-9-24-27-18/h1-5,10,22,28H,6-9H2,(H3,20,25,26)(H2,21,29,30)/t10-/m1/s1. The molecule has 2 aliphatic heterocycles. The van der Waals surface area contributed by atoms with Gasteiger partial charge in [-0.15, -0.1) is 5.11 Å². The highest BCUT2D eigenvalue weighted by molar-refractivity contribution is 7.92. The molecule has 1 fully saturated rings. The fourth-order valence-electron chi connectivity index (χ4n) is 4.17. The van der Waals surface area contributed by atoms with Gasteiger partial charge in [0.2, 0.25) is 20.0 Å². The summed E-state index contributed by atoms with van der Waals surface area (Å²) in [6.45, 7) is 1.05. The third-order valence-corrected chi connectivity index (χ3v) is 8.26. The lowest BCUT2D eigenvalue weighted by atomic mass is 9.97. The van der Waals surface area contributed by atoms with Gasteiger partial charge < -0.3 is 16.0 Å². The first-order valence-corrected chi connectivity index (χ1v) is 13.3. The molecule has 13 nitrogen and oxygen atoms in total. The summed E-state index contributed by atoms with van der Waals surface area (Å²) in [7, 11) is -8.83. The van der Waals surface area contributed by atoms with E-state index in [0.717, 1.165) is 0 Å². The van der Waals surface area contributed by atoms with Gasteiger partial charge in [0.05, 0.1) is 16.6 Å². The fourth-order valence-corrected chi connectivity index (χ4v) is 7.04. The number of nitrogens with one attached hydrogen (secondary N) is 3. The highest BCUT2D eigenvalue weighted by atomic mass is 32.2. The minimum Gasteiger partial charge on any atom is -0.369 e. The molecule has 0 aliphatic carbocycles. The average Bonchev–Trinajstić information content (AvgIpc) is 3.53. The molecule has 178 valence electrons. The summed E-state index contributed by atoms with van der Waals surface area (Å²) in [6.07, 6.45) is 0.568. The number of benzene rings is 2. The molecule has 15 heteroatoms. The maximum Gasteiger partial charge on any atom is 0.242 e. The Hall–Kier alpha value is -3.24. The molecule has 34 heavy (non-hydrogen) atoms. The molecule has 2 aromatic carbocycles. The maximum atomic E-state index is 13.3. The third-order valence-electron chi connectivity index (χ3n) is 5.57. The number of imidazole rings is 1. The number of fused-ring (bicyclic) bond motifs is 1. The highest BCUT2D eigenvalue weighted by Crippen LogP contribution is 2.37. The van der Waals surface area contributed by atoms with E-state index < -0.39 is 29.8 Å². The average molecular weight is 504 g/mol. The Bertz CT molecular complexity index is 1570. The van der Waals surface area contributed by atoms with Crippen LogP contribution in [0.1, 0.15) is 12.0 Å². The van der Waals surface area contributed by atoms with Crippen molar-refractivity contribution in [2.45, 2.75) is 22.3 Å². The van der Waals surface area contributed by atoms with Crippen LogP contribution >= 0.6 is 0 Å². The number of amidine groups is 1. The van der Waals surface area contributed by atoms with Crippen LogP contribution in [0.15, 0.2) is 55.3 Å². The first-order chi connectivity index (χ1) is 16.1. The number of nitrogen functional groups attached to an aromatic ring is 1. The van der Waals surface area contributed by atoms with Crippen LogP contribution in [0.4, 0.5) is 5.95 Å². The number of aromatic amines is 1. The molecule has 1 saturated heterocycles. The van der Waals surface area contributed by atoms with E-state index in [-0.39, 0.29) is 30.1 Å². The number of aromatic nitrogens is 2. The number of hydrogen-bond donors (Lipinski definition) is 5. The number of anilines is 1. The van der Waals surface area contributed by atoms with Crippen molar-refractivity contribution in [1.82, 2.24) is 20.0 Å². The molecular weight excluding hydrogens is 482 g/mol. The molecule has 1 atom stereocenters. The van der Waals surface area contributed by atoms with Crippen molar-refractivity contribution < 1.29 is 16.8 Å². The van der Waals surface area contributed by atoms with Gasteiger partial charge in [0.15, 0.2) is 18.5 Å². The van der Waals surface area contributed by atoms with E-state index in [4.69, 9.17) is 10.9 Å². The van der Waals surface area contributed by atoms with Gasteiger partial charge in [-0.05, 0) is 30.7 Å². The van der Waals surface area contributed by atoms with Crippen LogP contribution in [0, 0.1) is 0 Å². The summed E-state index contributed by atoms with van der Waals surface area (Å²) in [5, 5.41) is 16.4. The van der Waals surface area contributed by atoms with Crippen molar-refractivity contribution in [1.29, 1.82) is 0 Å². The summed E-state index contributed by atoms with van der Waals surface area (Å²) in [6, 6.07) is 7.51. The zero-order valence-corrected chi connectivity index (χ0v) is 19.3. The van der Waals surface area contributed by atoms with E-state index in [9.17, 15) is 16.8 Å². The zero-order chi connectivity index (χ0) is 24.1. The maximum absolute atomic E-state index is 13.3. The molecule has 1 aromatic heterocycles. The van der Waals surface area contributed by atoms with Gasteiger partial charge in [0.1, 0.15) is 9.79 Å². The summed E-state index contributed by atoms with van der Waals surface area (Å²) in [5.41, 5.74) is 7.65. The first kappa shape index (κ1) is 22.5. The quantitative estimate of drug-likeness (QED) is 0.316. The number of aliphatic imine (C=N–C) groups is 1. The monoisotopic (exact) mass is 503 g/mol. The Labute approximate surface area is 194 Å². The topological polar surface area (TPSA) is 210 Å². The van der Waals surface area contributed by atoms with Gasteiger partial charge in [-0.2, -0.15) is 5.11 Å². The smallest absolute Gasteiger partial charge is 0.242 e. The molecule has 0 amide bonds. The lowest BCUT2D eigenvalue weighted by molar-refractivity contribution is 0.555. The van der Waals surface area contributed by atoms with Crippen molar-refractivity contribution in [2.75, 3.05) is 25.5 Å². The van der Waals surface area contributed by atoms with E-state index >= 15 is 0 Å². The number of nitrogens with zero attached hydrogens (tertiary/aromatic N) is 4. The van der Waals surface area contributed by atoms with Crippen LogP contribution in [0.3, 0.4) is 0 Å². The van der Waals surface area contributed by atoms with E-state index in [1.54, 1.807) is 18.2 Å². The number of rotatable bonds is 6. The van der Waals surface area contributed by atoms with Crippen molar-refractivity contribution >= 4 is 42.9 Å². The molecule has 0 radical (unpaired) electrons. The fraction of sp³-hybridized carbons (Fsp3) is 0.263. The van der Waals surface area contributed by atoms with Gasteiger partial charge in [-0.25, -0.2) is 36.7 Å². The molecule has 0 spiro atoms. The van der Waals surface area contributed by atoms with Gasteiger partial charge in [0, 0.05) is 18.2 Å². The van der Waals surface area contributed by atoms with Crippen LogP contribution < -0.4 is 20.9 Å². The summed E-state index contributed by atoms with van der Waals surface area (Å²) >= 11 is 0. The molecule has 0 unspecified atom stereocenters. The van der Waals surface area contributed by atoms with Crippen LogP contribution in [-0.2, 0) is 20.0 Å². The number of para-hydroxylation sites is 1. The lowest BCUT2D eigenvalue weighted by Gasteiger charge is -2.19. The Balaban J connectivity index is 1.82. The molecule has 3 aromatic rings. The van der Waals surface area contributed by atoms with Gasteiger partial charge in [-0.1, -0.05) is 18.2 Å². The first-order valence-electron chi connectivity index (χ1n) is 10.2. The Morgan fingerprint density at radius 3 is 2.59 bits per heavy atom. The van der Waals surface area contributed by atoms with E-state index in [0.29, 0.717) is 41.7 Å². The van der Waals surface area contributed by atoms with E-state index in [1.807, 2.05) is 0 Å². The second-order valence-electron chi connectivity index (χ2n) is 7.86. The third kappa shape index (κ3) is 3.97. The number of hydrogen-bond acceptors (Lipinski definition) is 10. The SMILES string of the molecule is Nc1nc2c(-c3ccc(S(=O)(=O)N[C@@H]4CCNC4)c(S(N)(=O)=O)c3C3=NCN=N3)cccc2[nH]1. The van der Waals surface area contributed by atoms with E-state index in [2.05, 4.69) is 35.2 Å². The Kier molecular flexibility index (Phi) is 5.44. The van der Waals surface area contributed by atoms with Crippen molar-refractivity contribution in [3.63, 3.8) is 0 Å². The van der Waals surface area contributed by atoms with Gasteiger partial charge in [0.25, 0.3) is 0 Å². The molecule has 7 N–H and O–H groups in total. The Morgan fingerprint density at radius 2 is 1.91 bits per heavy atom. The van der Waals surface area contributed by atoms with E-state index in [1.165, 1.54) is 12.1 Å². The summed E-state index contributed by atoms with van der Waals surface area (Å²) in [5.74, 6) is 0.126. The molecule has 0 saturated carbocycles. The molecule has 0 bridgehead atoms. The minimum absolute atomic E-state index is 0.0264. The predicted octanol–water partition coefficient (Wildman–Crippen LogP) is 0.270. The number of primary sulfonamides is 1. The van der Waals surface area contributed by atoms with Crippen LogP contribution in [0.25, 0.3) is 22.2 Å². The minimum atomic E-state index is -4.57. The largest absolute Gasteiger partial charge is 0.369 e. The molecule has 3 heterocycles. The highest BCUT2D eigenvalue weighted by Gasteiger charge is 2.34. The normalized spacial score (nSPS) is 18.6. The van der Waals surface area contributed by atoms with Gasteiger partial charge in [-0.3, -0.25) is 0 Å². The van der Waals surface area contributed by atoms with Gasteiger partial charge >= 0.3 is 0 Å². The summed E-state index contributed by atoms with van der Waals surface area (Å²) in [4.78, 5) is 10.3. The molecule has 5 rings (SSSR count). The zero-order valence-electron chi connectivity index (χ0n) is 17.7. The van der Waals surface area contributed by atoms with Crippen molar-refractivity contribution in [3.8, 4) is 11.1 Å². The van der Waals surface area contributed by atoms with Crippen molar-refractivity contribution in [2.24, 2.45) is 20.4 Å². The van der Waals surface area contributed by atoms with Crippen LogP contribution in [0.2, 0.25) is 0 Å². The van der Waals surface area contributed by atoms with Crippen LogP contribution in [0.5, 0.6) is 0 Å². The van der Waals surface area contributed by atoms with Crippen molar-refractivity contribution in [3.05, 3.63) is 35.9 Å². The lowest BCUT2D eigenvalue weighted by Crippen LogP contribution is -2.37. The van der Waals surface area contributed by atoms with Crippen LogP contribution in [-0.4, -0.2) is 58.4 Å².